The van der Waals surface area contributed by atoms with E-state index in [1.54, 1.807) is 43.3 Å². The van der Waals surface area contributed by atoms with Gasteiger partial charge < -0.3 is 10.0 Å². The Hall–Kier alpha value is -1.94. The molecule has 0 bridgehead atoms. The standard InChI is InChI=1S/C14H15FN2O/c1-10(18)13-7-4-8-16-14(13)17(2)12-6-3-5-11(15)9-12/h3-10,18H,1-2H3/t10-/m0/s1. The minimum absolute atomic E-state index is 0.297. The van der Waals surface area contributed by atoms with Crippen LogP contribution in [0, 0.1) is 5.82 Å². The lowest BCUT2D eigenvalue weighted by molar-refractivity contribution is 0.199. The molecule has 1 atom stereocenters. The van der Waals surface area contributed by atoms with Crippen molar-refractivity contribution in [3.63, 3.8) is 0 Å². The maximum atomic E-state index is 13.2. The van der Waals surface area contributed by atoms with Crippen molar-refractivity contribution in [2.75, 3.05) is 11.9 Å². The Labute approximate surface area is 106 Å². The molecule has 0 aliphatic rings. The molecule has 4 heteroatoms. The molecule has 0 saturated carbocycles. The van der Waals surface area contributed by atoms with Crippen LogP contribution in [0.3, 0.4) is 0 Å². The van der Waals surface area contributed by atoms with Crippen molar-refractivity contribution in [2.45, 2.75) is 13.0 Å². The first-order valence-electron chi connectivity index (χ1n) is 5.72. The number of aromatic nitrogens is 1. The third-order valence-corrected chi connectivity index (χ3v) is 2.78. The molecule has 0 aliphatic carbocycles. The molecule has 0 radical (unpaired) electrons. The van der Waals surface area contributed by atoms with Gasteiger partial charge in [0.25, 0.3) is 0 Å². The molecule has 3 nitrogen and oxygen atoms in total. The third kappa shape index (κ3) is 2.49. The smallest absolute Gasteiger partial charge is 0.138 e. The van der Waals surface area contributed by atoms with Gasteiger partial charge in [-0.1, -0.05) is 12.1 Å². The molecule has 0 spiro atoms. The molecule has 0 saturated heterocycles. The Balaban J connectivity index is 2.43. The van der Waals surface area contributed by atoms with Gasteiger partial charge >= 0.3 is 0 Å². The van der Waals surface area contributed by atoms with Crippen LogP contribution in [-0.2, 0) is 0 Å². The van der Waals surface area contributed by atoms with E-state index in [0.717, 1.165) is 0 Å². The van der Waals surface area contributed by atoms with E-state index < -0.39 is 6.10 Å². The monoisotopic (exact) mass is 246 g/mol. The first-order valence-corrected chi connectivity index (χ1v) is 5.72. The van der Waals surface area contributed by atoms with Crippen LogP contribution < -0.4 is 4.90 Å². The zero-order valence-electron chi connectivity index (χ0n) is 10.3. The summed E-state index contributed by atoms with van der Waals surface area (Å²) >= 11 is 0. The molecular formula is C14H15FN2O. The first kappa shape index (κ1) is 12.5. The molecule has 1 aromatic heterocycles. The van der Waals surface area contributed by atoms with Crippen molar-refractivity contribution in [1.29, 1.82) is 0 Å². The van der Waals surface area contributed by atoms with Gasteiger partial charge in [0.1, 0.15) is 11.6 Å². The fraction of sp³-hybridized carbons (Fsp3) is 0.214. The number of anilines is 2. The Morgan fingerprint density at radius 1 is 1.28 bits per heavy atom. The highest BCUT2D eigenvalue weighted by molar-refractivity contribution is 5.62. The average molecular weight is 246 g/mol. The number of nitrogens with zero attached hydrogens (tertiary/aromatic N) is 2. The number of aliphatic hydroxyl groups excluding tert-OH is 1. The highest BCUT2D eigenvalue weighted by Gasteiger charge is 2.14. The molecule has 2 rings (SSSR count). The van der Waals surface area contributed by atoms with Crippen LogP contribution in [-0.4, -0.2) is 17.1 Å². The van der Waals surface area contributed by atoms with Crippen LogP contribution in [0.5, 0.6) is 0 Å². The van der Waals surface area contributed by atoms with Gasteiger partial charge in [-0.05, 0) is 31.2 Å². The second-order valence-corrected chi connectivity index (χ2v) is 4.13. The average Bonchev–Trinajstić information content (AvgIpc) is 2.38. The third-order valence-electron chi connectivity index (χ3n) is 2.78. The zero-order valence-corrected chi connectivity index (χ0v) is 10.3. The lowest BCUT2D eigenvalue weighted by atomic mass is 10.1. The number of pyridine rings is 1. The van der Waals surface area contributed by atoms with E-state index in [-0.39, 0.29) is 5.82 Å². The number of hydrogen-bond donors (Lipinski definition) is 1. The summed E-state index contributed by atoms with van der Waals surface area (Å²) in [5.74, 6) is 0.326. The summed E-state index contributed by atoms with van der Waals surface area (Å²) < 4.78 is 13.2. The largest absolute Gasteiger partial charge is 0.389 e. The van der Waals surface area contributed by atoms with Gasteiger partial charge in [-0.25, -0.2) is 9.37 Å². The highest BCUT2D eigenvalue weighted by Crippen LogP contribution is 2.28. The maximum absolute atomic E-state index is 13.2. The van der Waals surface area contributed by atoms with Gasteiger partial charge in [0.05, 0.1) is 6.10 Å². The molecule has 1 heterocycles. The minimum Gasteiger partial charge on any atom is -0.389 e. The molecule has 0 fully saturated rings. The number of halogens is 1. The van der Waals surface area contributed by atoms with Gasteiger partial charge in [0.15, 0.2) is 0 Å². The van der Waals surface area contributed by atoms with Crippen molar-refractivity contribution in [3.8, 4) is 0 Å². The van der Waals surface area contributed by atoms with Gasteiger partial charge in [-0.15, -0.1) is 0 Å². The zero-order chi connectivity index (χ0) is 13.1. The predicted octanol–water partition coefficient (Wildman–Crippen LogP) is 3.04. The van der Waals surface area contributed by atoms with Gasteiger partial charge in [0.2, 0.25) is 0 Å². The molecule has 2 aromatic rings. The predicted molar refractivity (Wildman–Crippen MR) is 69.3 cm³/mol. The SMILES string of the molecule is C[C@H](O)c1cccnc1N(C)c1cccc(F)c1. The number of benzene rings is 1. The number of rotatable bonds is 3. The molecule has 94 valence electrons. The van der Waals surface area contributed by atoms with Gasteiger partial charge in [0, 0.05) is 24.5 Å². The van der Waals surface area contributed by atoms with E-state index in [4.69, 9.17) is 0 Å². The number of aliphatic hydroxyl groups is 1. The summed E-state index contributed by atoms with van der Waals surface area (Å²) in [4.78, 5) is 6.00. The number of hydrogen-bond acceptors (Lipinski definition) is 3. The Bertz CT molecular complexity index is 543. The summed E-state index contributed by atoms with van der Waals surface area (Å²) in [6.45, 7) is 1.68. The molecular weight excluding hydrogens is 231 g/mol. The summed E-state index contributed by atoms with van der Waals surface area (Å²) in [7, 11) is 1.79. The van der Waals surface area contributed by atoms with Crippen molar-refractivity contribution >= 4 is 11.5 Å². The lowest BCUT2D eigenvalue weighted by Gasteiger charge is -2.22. The quantitative estimate of drug-likeness (QED) is 0.904. The molecule has 0 aliphatic heterocycles. The molecule has 0 unspecified atom stereocenters. The highest BCUT2D eigenvalue weighted by atomic mass is 19.1. The van der Waals surface area contributed by atoms with Crippen molar-refractivity contribution in [1.82, 2.24) is 4.98 Å². The Kier molecular flexibility index (Phi) is 3.58. The van der Waals surface area contributed by atoms with Crippen molar-refractivity contribution < 1.29 is 9.50 Å². The summed E-state index contributed by atoms with van der Waals surface area (Å²) in [5.41, 5.74) is 1.40. The van der Waals surface area contributed by atoms with E-state index in [0.29, 0.717) is 17.1 Å². The van der Waals surface area contributed by atoms with E-state index in [1.165, 1.54) is 12.1 Å². The van der Waals surface area contributed by atoms with Crippen LogP contribution in [0.1, 0.15) is 18.6 Å². The van der Waals surface area contributed by atoms with E-state index in [2.05, 4.69) is 4.98 Å². The Morgan fingerprint density at radius 3 is 2.72 bits per heavy atom. The van der Waals surface area contributed by atoms with E-state index in [9.17, 15) is 9.50 Å². The van der Waals surface area contributed by atoms with Crippen molar-refractivity contribution in [2.24, 2.45) is 0 Å². The fourth-order valence-electron chi connectivity index (χ4n) is 1.82. The van der Waals surface area contributed by atoms with Crippen LogP contribution in [0.4, 0.5) is 15.9 Å². The Morgan fingerprint density at radius 2 is 2.06 bits per heavy atom. The maximum Gasteiger partial charge on any atom is 0.138 e. The minimum atomic E-state index is -0.621. The molecule has 1 N–H and O–H groups in total. The van der Waals surface area contributed by atoms with Crippen molar-refractivity contribution in [3.05, 3.63) is 54.0 Å². The topological polar surface area (TPSA) is 36.4 Å². The van der Waals surface area contributed by atoms with Gasteiger partial charge in [-0.2, -0.15) is 0 Å². The lowest BCUT2D eigenvalue weighted by Crippen LogP contribution is -2.14. The summed E-state index contributed by atoms with van der Waals surface area (Å²) in [6.07, 6.45) is 1.03. The second-order valence-electron chi connectivity index (χ2n) is 4.13. The van der Waals surface area contributed by atoms with Crippen LogP contribution >= 0.6 is 0 Å². The normalized spacial score (nSPS) is 12.2. The van der Waals surface area contributed by atoms with Crippen LogP contribution in [0.2, 0.25) is 0 Å². The summed E-state index contributed by atoms with van der Waals surface area (Å²) in [5, 5.41) is 9.71. The second kappa shape index (κ2) is 5.14. The summed E-state index contributed by atoms with van der Waals surface area (Å²) in [6, 6.07) is 9.84. The van der Waals surface area contributed by atoms with E-state index >= 15 is 0 Å². The fourth-order valence-corrected chi connectivity index (χ4v) is 1.82. The van der Waals surface area contributed by atoms with Crippen LogP contribution in [0.25, 0.3) is 0 Å². The molecule has 18 heavy (non-hydrogen) atoms. The molecule has 0 amide bonds. The molecule has 1 aromatic carbocycles. The first-order chi connectivity index (χ1) is 8.59. The van der Waals surface area contributed by atoms with Gasteiger partial charge in [-0.3, -0.25) is 0 Å². The van der Waals surface area contributed by atoms with E-state index in [1.807, 2.05) is 6.07 Å². The van der Waals surface area contributed by atoms with Crippen LogP contribution in [0.15, 0.2) is 42.6 Å².